The van der Waals surface area contributed by atoms with Gasteiger partial charge in [-0.2, -0.15) is 5.10 Å². The molecule has 11 heteroatoms. The van der Waals surface area contributed by atoms with Crippen LogP contribution >= 0.6 is 0 Å². The van der Waals surface area contributed by atoms with Gasteiger partial charge in [-0.1, -0.05) is 30.3 Å². The maximum absolute atomic E-state index is 10.4. The molecule has 4 rings (SSSR count). The van der Waals surface area contributed by atoms with Crippen molar-refractivity contribution < 1.29 is 20.1 Å². The van der Waals surface area contributed by atoms with Gasteiger partial charge in [0, 0.05) is 0 Å². The molecule has 28 heavy (non-hydrogen) atoms. The van der Waals surface area contributed by atoms with E-state index in [2.05, 4.69) is 25.5 Å². The van der Waals surface area contributed by atoms with Crippen molar-refractivity contribution in [3.63, 3.8) is 0 Å². The molecule has 0 spiro atoms. The van der Waals surface area contributed by atoms with E-state index >= 15 is 0 Å². The number of nitrogen functional groups attached to an aromatic ring is 1. The molecular weight excluding hydrogens is 366 g/mol. The Morgan fingerprint density at radius 2 is 2.00 bits per heavy atom. The molecule has 3 heterocycles. The van der Waals surface area contributed by atoms with Gasteiger partial charge in [0.1, 0.15) is 24.6 Å². The van der Waals surface area contributed by atoms with Gasteiger partial charge in [-0.15, -0.1) is 0 Å². The zero-order valence-corrected chi connectivity index (χ0v) is 14.6. The van der Waals surface area contributed by atoms with Crippen LogP contribution in [0.2, 0.25) is 0 Å². The lowest BCUT2D eigenvalue weighted by Gasteiger charge is -2.18. The predicted octanol–water partition coefficient (Wildman–Crippen LogP) is -0.534. The van der Waals surface area contributed by atoms with Gasteiger partial charge in [0.05, 0.1) is 12.8 Å². The van der Waals surface area contributed by atoms with Crippen LogP contribution in [0.3, 0.4) is 0 Å². The van der Waals surface area contributed by atoms with E-state index in [0.717, 1.165) is 5.56 Å². The van der Waals surface area contributed by atoms with Crippen LogP contribution in [0.1, 0.15) is 11.8 Å². The molecule has 0 unspecified atom stereocenters. The van der Waals surface area contributed by atoms with Crippen LogP contribution in [0.25, 0.3) is 11.2 Å². The molecule has 1 aliphatic rings. The number of hydrogen-bond acceptors (Lipinski definition) is 10. The van der Waals surface area contributed by atoms with Crippen LogP contribution in [-0.2, 0) is 4.74 Å². The lowest BCUT2D eigenvalue weighted by Crippen LogP contribution is -2.33. The van der Waals surface area contributed by atoms with Gasteiger partial charge in [0.15, 0.2) is 23.2 Å². The quantitative estimate of drug-likeness (QED) is 0.287. The van der Waals surface area contributed by atoms with E-state index in [1.165, 1.54) is 10.9 Å². The number of aromatic nitrogens is 4. The number of ether oxygens (including phenoxy) is 1. The summed E-state index contributed by atoms with van der Waals surface area (Å²) < 4.78 is 7.04. The second kappa shape index (κ2) is 7.48. The number of imidazole rings is 1. The third kappa shape index (κ3) is 3.16. The zero-order valence-electron chi connectivity index (χ0n) is 14.6. The molecule has 1 saturated heterocycles. The molecule has 11 nitrogen and oxygen atoms in total. The Morgan fingerprint density at radius 1 is 1.21 bits per heavy atom. The Balaban J connectivity index is 1.73. The molecule has 1 aliphatic heterocycles. The highest BCUT2D eigenvalue weighted by Gasteiger charge is 2.45. The molecule has 0 radical (unpaired) electrons. The first-order chi connectivity index (χ1) is 13.6. The third-order valence-electron chi connectivity index (χ3n) is 4.45. The first-order valence-corrected chi connectivity index (χ1v) is 8.55. The van der Waals surface area contributed by atoms with Crippen LogP contribution in [-0.4, -0.2) is 66.0 Å². The minimum atomic E-state index is -1.32. The van der Waals surface area contributed by atoms with E-state index in [-0.39, 0.29) is 17.3 Å². The zero-order chi connectivity index (χ0) is 19.7. The molecule has 4 atom stereocenters. The molecule has 6 N–H and O–H groups in total. The van der Waals surface area contributed by atoms with Crippen molar-refractivity contribution in [3.8, 4) is 0 Å². The topological polar surface area (TPSA) is 164 Å². The summed E-state index contributed by atoms with van der Waals surface area (Å²) in [5, 5.41) is 34.0. The van der Waals surface area contributed by atoms with Gasteiger partial charge in [-0.3, -0.25) is 4.57 Å². The van der Waals surface area contributed by atoms with Crippen molar-refractivity contribution in [3.05, 3.63) is 42.2 Å². The minimum absolute atomic E-state index is 0.144. The van der Waals surface area contributed by atoms with Crippen LogP contribution < -0.4 is 11.2 Å². The van der Waals surface area contributed by atoms with Gasteiger partial charge in [-0.25, -0.2) is 20.4 Å². The van der Waals surface area contributed by atoms with Gasteiger partial charge >= 0.3 is 0 Å². The van der Waals surface area contributed by atoms with Crippen LogP contribution in [0.4, 0.5) is 11.8 Å². The number of anilines is 2. The van der Waals surface area contributed by atoms with Gasteiger partial charge in [-0.05, 0) is 5.56 Å². The summed E-state index contributed by atoms with van der Waals surface area (Å²) >= 11 is 0. The summed E-state index contributed by atoms with van der Waals surface area (Å²) in [5.41, 5.74) is 10.1. The Bertz CT molecular complexity index is 994. The fraction of sp³-hybridized carbons (Fsp3) is 0.294. The molecule has 3 aromatic rings. The Kier molecular flexibility index (Phi) is 4.88. The Hall–Kier alpha value is -3.12. The highest BCUT2D eigenvalue weighted by molar-refractivity contribution is 5.84. The Morgan fingerprint density at radius 3 is 2.71 bits per heavy atom. The summed E-state index contributed by atoms with van der Waals surface area (Å²) in [7, 11) is 0. The number of hydrogen-bond donors (Lipinski definition) is 5. The van der Waals surface area contributed by atoms with E-state index < -0.39 is 31.1 Å². The van der Waals surface area contributed by atoms with Crippen molar-refractivity contribution >= 4 is 29.1 Å². The van der Waals surface area contributed by atoms with Gasteiger partial charge < -0.3 is 25.8 Å². The number of rotatable bonds is 5. The molecule has 0 bridgehead atoms. The fourth-order valence-electron chi connectivity index (χ4n) is 3.04. The average molecular weight is 385 g/mol. The molecule has 1 aromatic carbocycles. The first-order valence-electron chi connectivity index (χ1n) is 8.55. The van der Waals surface area contributed by atoms with Crippen molar-refractivity contribution in [2.75, 3.05) is 17.8 Å². The molecule has 0 saturated carbocycles. The van der Waals surface area contributed by atoms with Crippen molar-refractivity contribution in [2.24, 2.45) is 5.10 Å². The normalized spacial score (nSPS) is 25.0. The highest BCUT2D eigenvalue weighted by Crippen LogP contribution is 2.35. The van der Waals surface area contributed by atoms with Crippen LogP contribution in [0.15, 0.2) is 41.8 Å². The first kappa shape index (κ1) is 18.3. The number of aliphatic hydroxyl groups is 3. The summed E-state index contributed by atoms with van der Waals surface area (Å²) in [6, 6.07) is 9.42. The van der Waals surface area contributed by atoms with Crippen LogP contribution in [0, 0.1) is 0 Å². The van der Waals surface area contributed by atoms with E-state index in [1.54, 1.807) is 6.21 Å². The smallest absolute Gasteiger partial charge is 0.228 e. The van der Waals surface area contributed by atoms with E-state index in [1.807, 2.05) is 30.3 Å². The number of nitrogens with zero attached hydrogens (tertiary/aromatic N) is 5. The molecule has 0 aliphatic carbocycles. The van der Waals surface area contributed by atoms with Gasteiger partial charge in [0.25, 0.3) is 0 Å². The second-order valence-corrected chi connectivity index (χ2v) is 6.25. The maximum atomic E-state index is 10.4. The molecular formula is C17H19N7O4. The van der Waals surface area contributed by atoms with Crippen molar-refractivity contribution in [1.82, 2.24) is 19.5 Å². The summed E-state index contributed by atoms with van der Waals surface area (Å²) in [4.78, 5) is 12.4. The lowest BCUT2D eigenvalue weighted by atomic mass is 10.1. The number of nitrogens with two attached hydrogens (primary N) is 1. The fourth-order valence-corrected chi connectivity index (χ4v) is 3.04. The minimum Gasteiger partial charge on any atom is -0.394 e. The molecule has 2 aromatic heterocycles. The predicted molar refractivity (Wildman–Crippen MR) is 100 cm³/mol. The number of aliphatic hydroxyl groups excluding tert-OH is 3. The van der Waals surface area contributed by atoms with Gasteiger partial charge in [0.2, 0.25) is 5.95 Å². The molecule has 146 valence electrons. The van der Waals surface area contributed by atoms with E-state index in [4.69, 9.17) is 10.5 Å². The van der Waals surface area contributed by atoms with E-state index in [9.17, 15) is 15.3 Å². The summed E-state index contributed by atoms with van der Waals surface area (Å²) in [6.07, 6.45) is -1.74. The maximum Gasteiger partial charge on any atom is 0.228 e. The molecule has 0 amide bonds. The summed E-state index contributed by atoms with van der Waals surface area (Å²) in [6.45, 7) is -0.451. The number of benzene rings is 1. The number of fused-ring (bicyclic) bond motifs is 1. The third-order valence-corrected chi connectivity index (χ3v) is 4.45. The monoisotopic (exact) mass is 385 g/mol. The largest absolute Gasteiger partial charge is 0.394 e. The van der Waals surface area contributed by atoms with Crippen molar-refractivity contribution in [1.29, 1.82) is 0 Å². The number of nitrogens with one attached hydrogen (secondary N) is 1. The number of hydrazone groups is 1. The van der Waals surface area contributed by atoms with Crippen LogP contribution in [0.5, 0.6) is 0 Å². The van der Waals surface area contributed by atoms with E-state index in [0.29, 0.717) is 5.65 Å². The SMILES string of the molecule is Nc1ncnc2c1nc(N/N=C\c1ccccc1)n2[C@@H]1O[C@@H](CO)[C@@H](O)[C@H]1O. The molecule has 1 fully saturated rings. The second-order valence-electron chi connectivity index (χ2n) is 6.25. The lowest BCUT2D eigenvalue weighted by molar-refractivity contribution is -0.0501. The summed E-state index contributed by atoms with van der Waals surface area (Å²) in [5.74, 6) is 0.329. The Labute approximate surface area is 159 Å². The highest BCUT2D eigenvalue weighted by atomic mass is 16.6. The van der Waals surface area contributed by atoms with Crippen molar-refractivity contribution in [2.45, 2.75) is 24.5 Å². The average Bonchev–Trinajstić information content (AvgIpc) is 3.21. The standard InChI is InChI=1S/C17H19N7O4/c18-14-11-15(20-8-19-14)24(16-13(27)12(26)10(7-25)28-16)17(22-11)23-21-6-9-4-2-1-3-5-9/h1-6,8,10,12-13,16,25-27H,7H2,(H,22,23)(H2,18,19,20)/b21-6-/t10-,12+,13+,16+/m0/s1.